The quantitative estimate of drug-likeness (QED) is 0.532. The summed E-state index contributed by atoms with van der Waals surface area (Å²) in [6.45, 7) is 1.63. The molecule has 4 heterocycles. The summed E-state index contributed by atoms with van der Waals surface area (Å²) < 4.78 is 3.76. The highest BCUT2D eigenvalue weighted by atomic mass is 15.3. The molecule has 0 bridgehead atoms. The van der Waals surface area contributed by atoms with Gasteiger partial charge in [-0.2, -0.15) is 5.10 Å². The Labute approximate surface area is 174 Å². The number of aryl methyl sites for hydroxylation is 2. The van der Waals surface area contributed by atoms with Gasteiger partial charge in [-0.05, 0) is 18.4 Å². The van der Waals surface area contributed by atoms with Crippen LogP contribution >= 0.6 is 0 Å². The van der Waals surface area contributed by atoms with Gasteiger partial charge in [-0.25, -0.2) is 15.0 Å². The summed E-state index contributed by atoms with van der Waals surface area (Å²) in [6, 6.07) is 10.4. The number of nitrogens with one attached hydrogen (secondary N) is 1. The first-order valence-electron chi connectivity index (χ1n) is 10.1. The third kappa shape index (κ3) is 2.87. The number of hydrogen-bond acceptors (Lipinski definition) is 6. The lowest BCUT2D eigenvalue weighted by Crippen LogP contribution is -2.44. The zero-order valence-corrected chi connectivity index (χ0v) is 17.2. The first kappa shape index (κ1) is 18.5. The molecule has 30 heavy (non-hydrogen) atoms. The van der Waals surface area contributed by atoms with Crippen LogP contribution in [0.15, 0.2) is 49.1 Å². The lowest BCUT2D eigenvalue weighted by atomic mass is 9.74. The second kappa shape index (κ2) is 7.05. The third-order valence-electron chi connectivity index (χ3n) is 6.18. The van der Waals surface area contributed by atoms with Gasteiger partial charge in [0.2, 0.25) is 0 Å². The first-order valence-corrected chi connectivity index (χ1v) is 10.1. The highest BCUT2D eigenvalue weighted by molar-refractivity contribution is 5.87. The van der Waals surface area contributed by atoms with Crippen LogP contribution in [0, 0.1) is 5.41 Å². The van der Waals surface area contributed by atoms with E-state index in [0.29, 0.717) is 0 Å². The lowest BCUT2D eigenvalue weighted by molar-refractivity contribution is 0.437. The molecule has 0 spiro atoms. The van der Waals surface area contributed by atoms with Gasteiger partial charge in [0.15, 0.2) is 17.0 Å². The average Bonchev–Trinajstić information content (AvgIpc) is 3.37. The molecule has 1 fully saturated rings. The van der Waals surface area contributed by atoms with E-state index >= 15 is 0 Å². The number of anilines is 1. The summed E-state index contributed by atoms with van der Waals surface area (Å²) in [5.74, 6) is 1.69. The fourth-order valence-electron chi connectivity index (χ4n) is 4.42. The molecular formula is C22H24N8. The van der Waals surface area contributed by atoms with Gasteiger partial charge in [-0.3, -0.25) is 4.68 Å². The molecule has 152 valence electrons. The highest BCUT2D eigenvalue weighted by Crippen LogP contribution is 2.36. The molecule has 0 radical (unpaired) electrons. The third-order valence-corrected chi connectivity index (χ3v) is 6.18. The summed E-state index contributed by atoms with van der Waals surface area (Å²) in [6.07, 6.45) is 8.74. The molecule has 0 aliphatic carbocycles. The Hall–Kier alpha value is -3.55. The standard InChI is InChI=1S/C22H24N8/c1-28-13-16(12-26-28)19-27-18-20(29(19)2)24-15-25-21(18)30-10-8-22(14-23,9-11-30)17-6-4-3-5-7-17/h3-7,12-15,23H,8-11H2,1-2H3. The first-order chi connectivity index (χ1) is 14.6. The van der Waals surface area contributed by atoms with E-state index in [1.54, 1.807) is 17.2 Å². The van der Waals surface area contributed by atoms with E-state index in [1.807, 2.05) is 37.1 Å². The number of imidazole rings is 1. The van der Waals surface area contributed by atoms with Crippen molar-refractivity contribution in [2.24, 2.45) is 14.1 Å². The summed E-state index contributed by atoms with van der Waals surface area (Å²) in [4.78, 5) is 16.2. The second-order valence-corrected chi connectivity index (χ2v) is 7.92. The fraction of sp³-hybridized carbons (Fsp3) is 0.318. The Morgan fingerprint density at radius 3 is 2.50 bits per heavy atom. The minimum atomic E-state index is -0.213. The van der Waals surface area contributed by atoms with Crippen molar-refractivity contribution in [2.45, 2.75) is 18.3 Å². The number of nitrogens with zero attached hydrogens (tertiary/aromatic N) is 7. The van der Waals surface area contributed by atoms with E-state index in [2.05, 4.69) is 44.2 Å². The van der Waals surface area contributed by atoms with Gasteiger partial charge in [0, 0.05) is 45.0 Å². The van der Waals surface area contributed by atoms with E-state index in [0.717, 1.165) is 54.3 Å². The van der Waals surface area contributed by atoms with Crippen molar-refractivity contribution in [3.63, 3.8) is 0 Å². The van der Waals surface area contributed by atoms with E-state index < -0.39 is 0 Å². The molecule has 1 saturated heterocycles. The smallest absolute Gasteiger partial charge is 0.165 e. The SMILES string of the molecule is Cn1cc(-c2nc3c(N4CCC(C=N)(c5ccccc5)CC4)ncnc3n2C)cn1. The van der Waals surface area contributed by atoms with Crippen LogP contribution in [0.25, 0.3) is 22.6 Å². The largest absolute Gasteiger partial charge is 0.355 e. The molecule has 0 atom stereocenters. The van der Waals surface area contributed by atoms with E-state index in [-0.39, 0.29) is 5.41 Å². The van der Waals surface area contributed by atoms with Crippen LogP contribution in [0.2, 0.25) is 0 Å². The molecule has 0 saturated carbocycles. The molecule has 1 aromatic carbocycles. The molecule has 0 unspecified atom stereocenters. The zero-order chi connectivity index (χ0) is 20.7. The van der Waals surface area contributed by atoms with Crippen molar-refractivity contribution >= 4 is 23.2 Å². The molecule has 1 aliphatic heterocycles. The maximum atomic E-state index is 8.12. The molecule has 5 rings (SSSR count). The molecule has 1 N–H and O–H groups in total. The summed E-state index contributed by atoms with van der Waals surface area (Å²) in [5, 5.41) is 12.4. The van der Waals surface area contributed by atoms with E-state index in [1.165, 1.54) is 5.56 Å². The fourth-order valence-corrected chi connectivity index (χ4v) is 4.42. The van der Waals surface area contributed by atoms with Crippen molar-refractivity contribution in [2.75, 3.05) is 18.0 Å². The molecule has 1 aliphatic rings. The minimum absolute atomic E-state index is 0.213. The van der Waals surface area contributed by atoms with Crippen molar-refractivity contribution in [3.05, 3.63) is 54.6 Å². The zero-order valence-electron chi connectivity index (χ0n) is 17.2. The average molecular weight is 400 g/mol. The summed E-state index contributed by atoms with van der Waals surface area (Å²) >= 11 is 0. The lowest BCUT2D eigenvalue weighted by Gasteiger charge is -2.40. The number of aromatic nitrogens is 6. The number of rotatable bonds is 4. The van der Waals surface area contributed by atoms with Crippen molar-refractivity contribution in [3.8, 4) is 11.4 Å². The maximum absolute atomic E-state index is 8.12. The van der Waals surface area contributed by atoms with Crippen LogP contribution in [0.4, 0.5) is 5.82 Å². The van der Waals surface area contributed by atoms with E-state index in [4.69, 9.17) is 10.4 Å². The Kier molecular flexibility index (Phi) is 4.34. The Bertz CT molecular complexity index is 1200. The molecular weight excluding hydrogens is 376 g/mol. The second-order valence-electron chi connectivity index (χ2n) is 7.92. The predicted molar refractivity (Wildman–Crippen MR) is 117 cm³/mol. The minimum Gasteiger partial charge on any atom is -0.355 e. The van der Waals surface area contributed by atoms with Crippen LogP contribution in [0.5, 0.6) is 0 Å². The molecule has 3 aromatic heterocycles. The number of hydrogen-bond donors (Lipinski definition) is 1. The van der Waals surface area contributed by atoms with Crippen LogP contribution in [0.3, 0.4) is 0 Å². The van der Waals surface area contributed by atoms with Crippen LogP contribution < -0.4 is 4.90 Å². The van der Waals surface area contributed by atoms with Crippen molar-refractivity contribution < 1.29 is 0 Å². The molecule has 8 heteroatoms. The highest BCUT2D eigenvalue weighted by Gasteiger charge is 2.35. The Morgan fingerprint density at radius 2 is 1.83 bits per heavy atom. The van der Waals surface area contributed by atoms with Gasteiger partial charge in [-0.15, -0.1) is 0 Å². The topological polar surface area (TPSA) is 88.5 Å². The van der Waals surface area contributed by atoms with Gasteiger partial charge in [0.25, 0.3) is 0 Å². The number of benzene rings is 1. The Morgan fingerprint density at radius 1 is 1.07 bits per heavy atom. The van der Waals surface area contributed by atoms with Crippen LogP contribution in [0.1, 0.15) is 18.4 Å². The van der Waals surface area contributed by atoms with Crippen molar-refractivity contribution in [1.29, 1.82) is 5.41 Å². The van der Waals surface area contributed by atoms with Gasteiger partial charge >= 0.3 is 0 Å². The molecule has 0 amide bonds. The van der Waals surface area contributed by atoms with Gasteiger partial charge in [0.1, 0.15) is 12.2 Å². The maximum Gasteiger partial charge on any atom is 0.165 e. The normalized spacial score (nSPS) is 16.1. The number of fused-ring (bicyclic) bond motifs is 1. The summed E-state index contributed by atoms with van der Waals surface area (Å²) in [5.41, 5.74) is 3.57. The molecule has 4 aromatic rings. The van der Waals surface area contributed by atoms with Gasteiger partial charge < -0.3 is 14.9 Å². The van der Waals surface area contributed by atoms with Crippen LogP contribution in [-0.2, 0) is 19.5 Å². The predicted octanol–water partition coefficient (Wildman–Crippen LogP) is 2.95. The number of piperidine rings is 1. The monoisotopic (exact) mass is 400 g/mol. The van der Waals surface area contributed by atoms with Gasteiger partial charge in [-0.1, -0.05) is 30.3 Å². The summed E-state index contributed by atoms with van der Waals surface area (Å²) in [7, 11) is 3.87. The van der Waals surface area contributed by atoms with Gasteiger partial charge in [0.05, 0.1) is 11.8 Å². The van der Waals surface area contributed by atoms with Crippen molar-refractivity contribution in [1.82, 2.24) is 29.3 Å². The Balaban J connectivity index is 1.48. The van der Waals surface area contributed by atoms with E-state index in [9.17, 15) is 0 Å². The molecule has 8 nitrogen and oxygen atoms in total. The van der Waals surface area contributed by atoms with Crippen LogP contribution in [-0.4, -0.2) is 48.6 Å².